The van der Waals surface area contributed by atoms with E-state index in [1.807, 2.05) is 18.2 Å². The summed E-state index contributed by atoms with van der Waals surface area (Å²) < 4.78 is 0.922. The first-order chi connectivity index (χ1) is 10.0. The van der Waals surface area contributed by atoms with E-state index in [0.717, 1.165) is 32.4 Å². The summed E-state index contributed by atoms with van der Waals surface area (Å²) in [6.45, 7) is 4.18. The molecule has 0 saturated carbocycles. The lowest BCUT2D eigenvalue weighted by Crippen LogP contribution is -1.96. The molecule has 0 unspecified atom stereocenters. The number of fused-ring (bicyclic) bond motifs is 1. The standard InChI is InChI=1S/C17H16BrN3/c1-10-5-11(2)7-13(6-10)21-16-4-3-15(19)14-8-12(18)9-20-17(14)16/h3-9,21H,19H2,1-2H3. The summed E-state index contributed by atoms with van der Waals surface area (Å²) in [6, 6.07) is 12.3. The Balaban J connectivity index is 2.10. The molecule has 1 heterocycles. The van der Waals surface area contributed by atoms with Gasteiger partial charge in [-0.05, 0) is 71.2 Å². The van der Waals surface area contributed by atoms with E-state index >= 15 is 0 Å². The van der Waals surface area contributed by atoms with Gasteiger partial charge in [-0.2, -0.15) is 0 Å². The highest BCUT2D eigenvalue weighted by Crippen LogP contribution is 2.31. The topological polar surface area (TPSA) is 50.9 Å². The number of aromatic nitrogens is 1. The zero-order valence-corrected chi connectivity index (χ0v) is 13.5. The molecule has 2 aromatic carbocycles. The van der Waals surface area contributed by atoms with Crippen molar-refractivity contribution >= 4 is 43.9 Å². The second-order valence-electron chi connectivity index (χ2n) is 5.25. The molecule has 3 N–H and O–H groups in total. The first kappa shape index (κ1) is 13.9. The molecule has 0 amide bonds. The van der Waals surface area contributed by atoms with Gasteiger partial charge in [-0.3, -0.25) is 4.98 Å². The fourth-order valence-electron chi connectivity index (χ4n) is 2.52. The van der Waals surface area contributed by atoms with Crippen LogP contribution in [0, 0.1) is 13.8 Å². The van der Waals surface area contributed by atoms with Crippen molar-refractivity contribution in [3.63, 3.8) is 0 Å². The van der Waals surface area contributed by atoms with Crippen LogP contribution in [0.25, 0.3) is 10.9 Å². The Kier molecular flexibility index (Phi) is 3.55. The minimum absolute atomic E-state index is 0.727. The van der Waals surface area contributed by atoms with E-state index in [1.165, 1.54) is 11.1 Å². The van der Waals surface area contributed by atoms with Crippen LogP contribution in [-0.4, -0.2) is 4.98 Å². The molecule has 3 aromatic rings. The number of anilines is 3. The fourth-order valence-corrected chi connectivity index (χ4v) is 2.85. The first-order valence-corrected chi connectivity index (χ1v) is 7.51. The Labute approximate surface area is 132 Å². The Hall–Kier alpha value is -2.07. The van der Waals surface area contributed by atoms with Crippen molar-refractivity contribution in [2.75, 3.05) is 11.1 Å². The quantitative estimate of drug-likeness (QED) is 0.649. The van der Waals surface area contributed by atoms with Crippen LogP contribution in [0.2, 0.25) is 0 Å². The lowest BCUT2D eigenvalue weighted by molar-refractivity contribution is 1.36. The predicted octanol–water partition coefficient (Wildman–Crippen LogP) is 4.94. The number of nitrogens with one attached hydrogen (secondary N) is 1. The van der Waals surface area contributed by atoms with E-state index in [9.17, 15) is 0 Å². The minimum atomic E-state index is 0.727. The highest BCUT2D eigenvalue weighted by atomic mass is 79.9. The number of nitrogens with zero attached hydrogens (tertiary/aromatic N) is 1. The molecule has 0 atom stereocenters. The van der Waals surface area contributed by atoms with Crippen LogP contribution in [0.4, 0.5) is 17.1 Å². The van der Waals surface area contributed by atoms with Gasteiger partial charge in [-0.1, -0.05) is 6.07 Å². The lowest BCUT2D eigenvalue weighted by atomic mass is 10.1. The van der Waals surface area contributed by atoms with E-state index in [-0.39, 0.29) is 0 Å². The molecule has 4 heteroatoms. The number of rotatable bonds is 2. The van der Waals surface area contributed by atoms with Crippen molar-refractivity contribution in [1.82, 2.24) is 4.98 Å². The monoisotopic (exact) mass is 341 g/mol. The largest absolute Gasteiger partial charge is 0.398 e. The van der Waals surface area contributed by atoms with Gasteiger partial charge in [-0.25, -0.2) is 0 Å². The van der Waals surface area contributed by atoms with Crippen LogP contribution >= 0.6 is 15.9 Å². The molecule has 3 rings (SSSR count). The van der Waals surface area contributed by atoms with Gasteiger partial charge < -0.3 is 11.1 Å². The smallest absolute Gasteiger partial charge is 0.0958 e. The predicted molar refractivity (Wildman–Crippen MR) is 93.1 cm³/mol. The molecule has 0 saturated heterocycles. The number of aryl methyl sites for hydroxylation is 2. The highest BCUT2D eigenvalue weighted by molar-refractivity contribution is 9.10. The van der Waals surface area contributed by atoms with E-state index < -0.39 is 0 Å². The van der Waals surface area contributed by atoms with Gasteiger partial charge in [0.15, 0.2) is 0 Å². The Morgan fingerprint density at radius 3 is 2.48 bits per heavy atom. The summed E-state index contributed by atoms with van der Waals surface area (Å²) in [6.07, 6.45) is 1.79. The zero-order valence-electron chi connectivity index (χ0n) is 11.9. The number of nitrogens with two attached hydrogens (primary N) is 1. The molecule has 3 nitrogen and oxygen atoms in total. The average molecular weight is 342 g/mol. The van der Waals surface area contributed by atoms with Crippen molar-refractivity contribution in [3.05, 3.63) is 58.2 Å². The van der Waals surface area contributed by atoms with Crippen LogP contribution in [0.15, 0.2) is 47.1 Å². The molecule has 0 radical (unpaired) electrons. The van der Waals surface area contributed by atoms with Gasteiger partial charge in [-0.15, -0.1) is 0 Å². The van der Waals surface area contributed by atoms with Gasteiger partial charge in [0.2, 0.25) is 0 Å². The average Bonchev–Trinajstić information content (AvgIpc) is 2.41. The molecule has 1 aromatic heterocycles. The Bertz CT molecular complexity index is 807. The molecule has 0 spiro atoms. The van der Waals surface area contributed by atoms with Crippen LogP contribution in [0.5, 0.6) is 0 Å². The molecular weight excluding hydrogens is 326 g/mol. The maximum absolute atomic E-state index is 6.05. The zero-order chi connectivity index (χ0) is 15.0. The fraction of sp³-hybridized carbons (Fsp3) is 0.118. The number of hydrogen-bond acceptors (Lipinski definition) is 3. The normalized spacial score (nSPS) is 10.8. The second-order valence-corrected chi connectivity index (χ2v) is 6.17. The molecule has 0 bridgehead atoms. The third-order valence-corrected chi connectivity index (χ3v) is 3.78. The van der Waals surface area contributed by atoms with Crippen molar-refractivity contribution in [1.29, 1.82) is 0 Å². The molecule has 0 fully saturated rings. The third kappa shape index (κ3) is 2.85. The molecule has 0 aliphatic rings. The maximum Gasteiger partial charge on any atom is 0.0958 e. The van der Waals surface area contributed by atoms with Crippen molar-refractivity contribution < 1.29 is 0 Å². The molecule has 106 valence electrons. The van der Waals surface area contributed by atoms with Crippen molar-refractivity contribution in [3.8, 4) is 0 Å². The van der Waals surface area contributed by atoms with Crippen LogP contribution < -0.4 is 11.1 Å². The first-order valence-electron chi connectivity index (χ1n) is 6.72. The minimum Gasteiger partial charge on any atom is -0.398 e. The summed E-state index contributed by atoms with van der Waals surface area (Å²) in [5, 5.41) is 4.39. The summed E-state index contributed by atoms with van der Waals surface area (Å²) in [7, 11) is 0. The number of halogens is 1. The summed E-state index contributed by atoms with van der Waals surface area (Å²) in [5.41, 5.74) is 12.1. The van der Waals surface area contributed by atoms with E-state index in [1.54, 1.807) is 6.20 Å². The SMILES string of the molecule is Cc1cc(C)cc(Nc2ccc(N)c3cc(Br)cnc23)c1. The number of benzene rings is 2. The summed E-state index contributed by atoms with van der Waals surface area (Å²) >= 11 is 3.44. The summed E-state index contributed by atoms with van der Waals surface area (Å²) in [4.78, 5) is 4.49. The molecule has 0 aliphatic heterocycles. The Morgan fingerprint density at radius 1 is 1.05 bits per heavy atom. The van der Waals surface area contributed by atoms with Crippen LogP contribution in [-0.2, 0) is 0 Å². The van der Waals surface area contributed by atoms with Crippen molar-refractivity contribution in [2.45, 2.75) is 13.8 Å². The second kappa shape index (κ2) is 5.37. The van der Waals surface area contributed by atoms with Gasteiger partial charge in [0, 0.05) is 27.4 Å². The third-order valence-electron chi connectivity index (χ3n) is 3.35. The number of nitrogen functional groups attached to an aromatic ring is 1. The van der Waals surface area contributed by atoms with Crippen molar-refractivity contribution in [2.24, 2.45) is 0 Å². The van der Waals surface area contributed by atoms with Crippen LogP contribution in [0.3, 0.4) is 0 Å². The number of hydrogen-bond donors (Lipinski definition) is 2. The van der Waals surface area contributed by atoms with Gasteiger partial charge in [0.25, 0.3) is 0 Å². The van der Waals surface area contributed by atoms with Gasteiger partial charge in [0.1, 0.15) is 0 Å². The summed E-state index contributed by atoms with van der Waals surface area (Å²) in [5.74, 6) is 0. The lowest BCUT2D eigenvalue weighted by Gasteiger charge is -2.12. The van der Waals surface area contributed by atoms with E-state index in [0.29, 0.717) is 0 Å². The van der Waals surface area contributed by atoms with Gasteiger partial charge >= 0.3 is 0 Å². The van der Waals surface area contributed by atoms with Crippen LogP contribution in [0.1, 0.15) is 11.1 Å². The van der Waals surface area contributed by atoms with E-state index in [4.69, 9.17) is 5.73 Å². The Morgan fingerprint density at radius 2 is 1.76 bits per heavy atom. The molecule has 0 aliphatic carbocycles. The van der Waals surface area contributed by atoms with Gasteiger partial charge in [0.05, 0.1) is 11.2 Å². The molecular formula is C17H16BrN3. The van der Waals surface area contributed by atoms with E-state index in [2.05, 4.69) is 58.3 Å². The maximum atomic E-state index is 6.05. The number of pyridine rings is 1. The highest BCUT2D eigenvalue weighted by Gasteiger charge is 2.07. The molecule has 21 heavy (non-hydrogen) atoms.